The van der Waals surface area contributed by atoms with E-state index in [-0.39, 0.29) is 5.97 Å². The first-order valence-corrected chi connectivity index (χ1v) is 9.93. The van der Waals surface area contributed by atoms with Crippen molar-refractivity contribution >= 4 is 22.4 Å². The van der Waals surface area contributed by atoms with Crippen LogP contribution in [0, 0.1) is 0 Å². The van der Waals surface area contributed by atoms with Crippen molar-refractivity contribution in [1.29, 1.82) is 0 Å². The summed E-state index contributed by atoms with van der Waals surface area (Å²) in [5.41, 5.74) is 4.69. The fourth-order valence-corrected chi connectivity index (χ4v) is 4.46. The number of carbonyl (C=O) groups excluding carboxylic acids is 1. The molecule has 0 amide bonds. The van der Waals surface area contributed by atoms with Gasteiger partial charge in [-0.05, 0) is 59.5 Å². The zero-order chi connectivity index (χ0) is 20.0. The topological polar surface area (TPSA) is 48.0 Å². The fourth-order valence-electron chi connectivity index (χ4n) is 4.46. The lowest BCUT2D eigenvalue weighted by Gasteiger charge is -2.19. The summed E-state index contributed by atoms with van der Waals surface area (Å²) < 4.78 is 16.4. The zero-order valence-corrected chi connectivity index (χ0v) is 16.7. The number of esters is 1. The van der Waals surface area contributed by atoms with Crippen molar-refractivity contribution in [2.75, 3.05) is 32.2 Å². The minimum absolute atomic E-state index is 0.268. The molecular weight excluding hydrogens is 366 g/mol. The quantitative estimate of drug-likeness (QED) is 0.600. The number of cyclic esters (lactones) is 1. The zero-order valence-electron chi connectivity index (χ0n) is 16.7. The Kier molecular flexibility index (Phi) is 4.31. The smallest absolute Gasteiger partial charge is 0.339 e. The Bertz CT molecular complexity index is 1100. The number of hydrogen-bond donors (Lipinski definition) is 0. The van der Waals surface area contributed by atoms with E-state index in [9.17, 15) is 4.79 Å². The molecule has 5 heteroatoms. The molecular formula is C24H23NO4. The van der Waals surface area contributed by atoms with Crippen molar-refractivity contribution in [2.24, 2.45) is 0 Å². The van der Waals surface area contributed by atoms with Crippen LogP contribution in [-0.4, -0.2) is 33.3 Å². The summed E-state index contributed by atoms with van der Waals surface area (Å²) in [6, 6.07) is 14.4. The average Bonchev–Trinajstić information content (AvgIpc) is 3.42. The van der Waals surface area contributed by atoms with Gasteiger partial charge < -0.3 is 19.1 Å². The molecule has 3 aromatic rings. The van der Waals surface area contributed by atoms with Crippen molar-refractivity contribution in [2.45, 2.75) is 19.4 Å². The lowest BCUT2D eigenvalue weighted by molar-refractivity contribution is 0.0535. The van der Waals surface area contributed by atoms with Crippen molar-refractivity contribution in [3.8, 4) is 22.6 Å². The largest absolute Gasteiger partial charge is 0.493 e. The van der Waals surface area contributed by atoms with Crippen LogP contribution in [0.4, 0.5) is 5.69 Å². The van der Waals surface area contributed by atoms with Crippen LogP contribution in [0.3, 0.4) is 0 Å². The van der Waals surface area contributed by atoms with Gasteiger partial charge in [0.05, 0.1) is 19.8 Å². The Hall–Kier alpha value is -3.21. The Morgan fingerprint density at radius 2 is 1.59 bits per heavy atom. The van der Waals surface area contributed by atoms with Gasteiger partial charge in [-0.15, -0.1) is 0 Å². The minimum Gasteiger partial charge on any atom is -0.493 e. The van der Waals surface area contributed by atoms with E-state index < -0.39 is 0 Å². The van der Waals surface area contributed by atoms with Crippen LogP contribution < -0.4 is 14.4 Å². The van der Waals surface area contributed by atoms with Crippen LogP contribution in [0.25, 0.3) is 21.9 Å². The molecule has 2 aliphatic heterocycles. The van der Waals surface area contributed by atoms with E-state index in [0.717, 1.165) is 40.6 Å². The van der Waals surface area contributed by atoms with Gasteiger partial charge in [-0.25, -0.2) is 4.79 Å². The molecule has 0 radical (unpaired) electrons. The normalized spacial score (nSPS) is 15.5. The van der Waals surface area contributed by atoms with Crippen molar-refractivity contribution in [3.63, 3.8) is 0 Å². The summed E-state index contributed by atoms with van der Waals surface area (Å²) in [6.07, 6.45) is 2.48. The molecule has 0 unspecified atom stereocenters. The lowest BCUT2D eigenvalue weighted by Crippen LogP contribution is -2.17. The molecule has 0 bridgehead atoms. The van der Waals surface area contributed by atoms with E-state index in [4.69, 9.17) is 14.2 Å². The number of methoxy groups -OCH3 is 2. The van der Waals surface area contributed by atoms with Gasteiger partial charge in [0.25, 0.3) is 0 Å². The van der Waals surface area contributed by atoms with E-state index in [1.165, 1.54) is 18.5 Å². The highest BCUT2D eigenvalue weighted by Crippen LogP contribution is 2.42. The average molecular weight is 389 g/mol. The Balaban J connectivity index is 1.72. The van der Waals surface area contributed by atoms with E-state index in [1.807, 2.05) is 18.2 Å². The van der Waals surface area contributed by atoms with E-state index in [2.05, 4.69) is 29.2 Å². The first-order chi connectivity index (χ1) is 14.2. The molecule has 0 atom stereocenters. The maximum Gasteiger partial charge on any atom is 0.339 e. The highest BCUT2D eigenvalue weighted by Gasteiger charge is 2.28. The predicted molar refractivity (Wildman–Crippen MR) is 113 cm³/mol. The summed E-state index contributed by atoms with van der Waals surface area (Å²) in [5, 5.41) is 1.95. The third-order valence-corrected chi connectivity index (χ3v) is 5.92. The second kappa shape index (κ2) is 6.99. The highest BCUT2D eigenvalue weighted by atomic mass is 16.5. The SMILES string of the molecule is COc1cc2cc3c(c(-c4ccc(N5CCCC5)cc4)c2cc1OC)C(=O)OC3. The van der Waals surface area contributed by atoms with Gasteiger partial charge in [0.15, 0.2) is 11.5 Å². The van der Waals surface area contributed by atoms with Crippen LogP contribution in [0.2, 0.25) is 0 Å². The van der Waals surface area contributed by atoms with E-state index in [1.54, 1.807) is 14.2 Å². The van der Waals surface area contributed by atoms with Crippen LogP contribution in [0.5, 0.6) is 11.5 Å². The number of carbonyl (C=O) groups is 1. The molecule has 0 N–H and O–H groups in total. The molecule has 3 aromatic carbocycles. The number of anilines is 1. The molecule has 1 fully saturated rings. The molecule has 5 rings (SSSR count). The third-order valence-electron chi connectivity index (χ3n) is 5.92. The monoisotopic (exact) mass is 389 g/mol. The summed E-state index contributed by atoms with van der Waals surface area (Å²) in [4.78, 5) is 15.0. The number of hydrogen-bond acceptors (Lipinski definition) is 5. The maximum absolute atomic E-state index is 12.6. The number of nitrogens with zero attached hydrogens (tertiary/aromatic N) is 1. The number of fused-ring (bicyclic) bond motifs is 2. The molecule has 29 heavy (non-hydrogen) atoms. The van der Waals surface area contributed by atoms with E-state index in [0.29, 0.717) is 23.7 Å². The molecule has 148 valence electrons. The third kappa shape index (κ3) is 2.89. The predicted octanol–water partition coefficient (Wildman–Crippen LogP) is 4.79. The second-order valence-corrected chi connectivity index (χ2v) is 7.53. The van der Waals surface area contributed by atoms with Gasteiger partial charge in [0, 0.05) is 29.9 Å². The van der Waals surface area contributed by atoms with Crippen molar-refractivity contribution in [3.05, 3.63) is 53.6 Å². The van der Waals surface area contributed by atoms with Crippen LogP contribution >= 0.6 is 0 Å². The van der Waals surface area contributed by atoms with Crippen LogP contribution in [0.15, 0.2) is 42.5 Å². The molecule has 0 aromatic heterocycles. The highest BCUT2D eigenvalue weighted by molar-refractivity contribution is 6.11. The fraction of sp³-hybridized carbons (Fsp3) is 0.292. The molecule has 1 saturated heterocycles. The van der Waals surface area contributed by atoms with Gasteiger partial charge in [-0.2, -0.15) is 0 Å². The van der Waals surface area contributed by atoms with Crippen molar-refractivity contribution < 1.29 is 19.0 Å². The standard InChI is InChI=1S/C24H23NO4/c1-27-20-12-16-11-17-14-29-24(26)23(17)22(19(16)13-21(20)28-2)15-5-7-18(8-6-15)25-9-3-4-10-25/h5-8,11-13H,3-4,9-10,14H2,1-2H3. The molecule has 5 nitrogen and oxygen atoms in total. The lowest BCUT2D eigenvalue weighted by atomic mass is 9.90. The first-order valence-electron chi connectivity index (χ1n) is 9.93. The first kappa shape index (κ1) is 17.9. The van der Waals surface area contributed by atoms with Gasteiger partial charge in [-0.3, -0.25) is 0 Å². The van der Waals surface area contributed by atoms with Crippen LogP contribution in [0.1, 0.15) is 28.8 Å². The maximum atomic E-state index is 12.6. The van der Waals surface area contributed by atoms with Gasteiger partial charge in [-0.1, -0.05) is 12.1 Å². The Morgan fingerprint density at radius 3 is 2.28 bits per heavy atom. The summed E-state index contributed by atoms with van der Waals surface area (Å²) in [5.74, 6) is 1.04. The Morgan fingerprint density at radius 1 is 0.897 bits per heavy atom. The van der Waals surface area contributed by atoms with Gasteiger partial charge in [0.2, 0.25) is 0 Å². The van der Waals surface area contributed by atoms with Gasteiger partial charge >= 0.3 is 5.97 Å². The number of ether oxygens (including phenoxy) is 3. The molecule has 0 saturated carbocycles. The minimum atomic E-state index is -0.268. The van der Waals surface area contributed by atoms with Crippen LogP contribution in [-0.2, 0) is 11.3 Å². The summed E-state index contributed by atoms with van der Waals surface area (Å²) in [7, 11) is 3.25. The number of rotatable bonds is 4. The molecule has 0 spiro atoms. The summed E-state index contributed by atoms with van der Waals surface area (Å²) >= 11 is 0. The number of benzene rings is 3. The van der Waals surface area contributed by atoms with Gasteiger partial charge in [0.1, 0.15) is 6.61 Å². The molecule has 2 heterocycles. The van der Waals surface area contributed by atoms with Crippen molar-refractivity contribution in [1.82, 2.24) is 0 Å². The molecule has 2 aliphatic rings. The summed E-state index contributed by atoms with van der Waals surface area (Å²) in [6.45, 7) is 2.51. The Labute approximate surface area is 169 Å². The second-order valence-electron chi connectivity index (χ2n) is 7.53. The molecule has 0 aliphatic carbocycles. The van der Waals surface area contributed by atoms with E-state index >= 15 is 0 Å².